The van der Waals surface area contributed by atoms with E-state index in [1.54, 1.807) is 7.11 Å². The van der Waals surface area contributed by atoms with Crippen LogP contribution in [0.5, 0.6) is 11.5 Å². The van der Waals surface area contributed by atoms with E-state index in [1.807, 2.05) is 24.3 Å². The lowest BCUT2D eigenvalue weighted by atomic mass is 9.97. The van der Waals surface area contributed by atoms with E-state index in [9.17, 15) is 0 Å². The van der Waals surface area contributed by atoms with Crippen molar-refractivity contribution in [2.75, 3.05) is 7.11 Å². The Morgan fingerprint density at radius 1 is 1.06 bits per heavy atom. The monoisotopic (exact) mass is 240 g/mol. The van der Waals surface area contributed by atoms with Crippen molar-refractivity contribution >= 4 is 0 Å². The molecule has 0 saturated carbocycles. The lowest BCUT2D eigenvalue weighted by molar-refractivity contribution is 0.174. The summed E-state index contributed by atoms with van der Waals surface area (Å²) in [7, 11) is 1.71. The van der Waals surface area contributed by atoms with Crippen LogP contribution in [0.3, 0.4) is 0 Å². The van der Waals surface area contributed by atoms with Crippen LogP contribution in [-0.4, -0.2) is 7.11 Å². The van der Waals surface area contributed by atoms with Gasteiger partial charge in [-0.1, -0.05) is 36.4 Å². The Hall–Kier alpha value is -1.96. The van der Waals surface area contributed by atoms with Gasteiger partial charge in [-0.3, -0.25) is 0 Å². The Balaban J connectivity index is 1.90. The van der Waals surface area contributed by atoms with Gasteiger partial charge in [-0.2, -0.15) is 0 Å². The Bertz CT molecular complexity index is 534. The molecule has 1 unspecified atom stereocenters. The van der Waals surface area contributed by atoms with Crippen LogP contribution < -0.4 is 9.47 Å². The summed E-state index contributed by atoms with van der Waals surface area (Å²) >= 11 is 0. The van der Waals surface area contributed by atoms with Gasteiger partial charge < -0.3 is 9.47 Å². The predicted molar refractivity (Wildman–Crippen MR) is 71.1 cm³/mol. The second kappa shape index (κ2) is 4.73. The highest BCUT2D eigenvalue weighted by Gasteiger charge is 2.23. The molecule has 2 nitrogen and oxygen atoms in total. The Morgan fingerprint density at radius 2 is 1.89 bits per heavy atom. The first-order valence-electron chi connectivity index (χ1n) is 6.26. The minimum Gasteiger partial charge on any atom is -0.496 e. The van der Waals surface area contributed by atoms with Crippen molar-refractivity contribution in [3.8, 4) is 11.5 Å². The molecule has 2 heteroatoms. The zero-order valence-corrected chi connectivity index (χ0v) is 10.4. The molecular weight excluding hydrogens is 224 g/mol. The van der Waals surface area contributed by atoms with Crippen LogP contribution in [0.1, 0.15) is 23.7 Å². The first-order chi connectivity index (χ1) is 8.88. The average Bonchev–Trinajstić information content (AvgIpc) is 2.47. The third-order valence-corrected chi connectivity index (χ3v) is 3.41. The number of methoxy groups -OCH3 is 1. The molecule has 0 aromatic heterocycles. The topological polar surface area (TPSA) is 18.5 Å². The first-order valence-corrected chi connectivity index (χ1v) is 6.26. The van der Waals surface area contributed by atoms with E-state index in [0.29, 0.717) is 0 Å². The Morgan fingerprint density at radius 3 is 2.67 bits per heavy atom. The molecular formula is C16H16O2. The van der Waals surface area contributed by atoms with Crippen LogP contribution in [0.2, 0.25) is 0 Å². The molecule has 2 aromatic rings. The summed E-state index contributed by atoms with van der Waals surface area (Å²) in [6.07, 6.45) is 2.15. The molecule has 0 amide bonds. The zero-order chi connectivity index (χ0) is 12.4. The molecule has 0 aliphatic carbocycles. The minimum absolute atomic E-state index is 0.158. The van der Waals surface area contributed by atoms with E-state index in [0.717, 1.165) is 24.3 Å². The fourth-order valence-corrected chi connectivity index (χ4v) is 2.48. The van der Waals surface area contributed by atoms with Gasteiger partial charge in [0.2, 0.25) is 0 Å². The molecule has 2 aromatic carbocycles. The molecule has 1 aliphatic rings. The van der Waals surface area contributed by atoms with Crippen LogP contribution in [0.4, 0.5) is 0 Å². The van der Waals surface area contributed by atoms with Gasteiger partial charge in [0.1, 0.15) is 17.6 Å². The summed E-state index contributed by atoms with van der Waals surface area (Å²) in [4.78, 5) is 0. The highest BCUT2D eigenvalue weighted by molar-refractivity contribution is 5.46. The second-order valence-corrected chi connectivity index (χ2v) is 4.49. The van der Waals surface area contributed by atoms with Crippen molar-refractivity contribution in [2.45, 2.75) is 18.9 Å². The summed E-state index contributed by atoms with van der Waals surface area (Å²) in [6, 6.07) is 16.4. The third-order valence-electron chi connectivity index (χ3n) is 3.41. The van der Waals surface area contributed by atoms with Crippen molar-refractivity contribution in [1.29, 1.82) is 0 Å². The van der Waals surface area contributed by atoms with Crippen molar-refractivity contribution in [1.82, 2.24) is 0 Å². The molecule has 18 heavy (non-hydrogen) atoms. The van der Waals surface area contributed by atoms with Gasteiger partial charge in [0.05, 0.1) is 7.11 Å². The Labute approximate surface area is 107 Å². The lowest BCUT2D eigenvalue weighted by Gasteiger charge is -2.27. The second-order valence-electron chi connectivity index (χ2n) is 4.49. The van der Waals surface area contributed by atoms with Crippen LogP contribution >= 0.6 is 0 Å². The molecule has 1 aliphatic heterocycles. The highest BCUT2D eigenvalue weighted by atomic mass is 16.5. The number of ether oxygens (including phenoxy) is 2. The molecule has 1 atom stereocenters. The third kappa shape index (κ3) is 1.94. The largest absolute Gasteiger partial charge is 0.496 e. The van der Waals surface area contributed by atoms with E-state index in [4.69, 9.17) is 9.47 Å². The summed E-state index contributed by atoms with van der Waals surface area (Å²) in [5.41, 5.74) is 2.43. The maximum absolute atomic E-state index is 6.08. The molecule has 1 heterocycles. The smallest absolute Gasteiger partial charge is 0.127 e. The van der Waals surface area contributed by atoms with E-state index in [-0.39, 0.29) is 6.10 Å². The van der Waals surface area contributed by atoms with Gasteiger partial charge in [-0.25, -0.2) is 0 Å². The highest BCUT2D eigenvalue weighted by Crippen LogP contribution is 2.39. The average molecular weight is 240 g/mol. The SMILES string of the molecule is COc1cccc2c1CCC(c1ccccc1)O2. The van der Waals surface area contributed by atoms with Gasteiger partial charge in [-0.15, -0.1) is 0 Å². The number of rotatable bonds is 2. The lowest BCUT2D eigenvalue weighted by Crippen LogP contribution is -2.15. The van der Waals surface area contributed by atoms with E-state index >= 15 is 0 Å². The summed E-state index contributed by atoms with van der Waals surface area (Å²) in [5.74, 6) is 1.88. The molecule has 0 spiro atoms. The maximum atomic E-state index is 6.08. The molecule has 0 bridgehead atoms. The minimum atomic E-state index is 0.158. The van der Waals surface area contributed by atoms with Crippen LogP contribution in [0, 0.1) is 0 Å². The summed E-state index contributed by atoms with van der Waals surface area (Å²) in [5, 5.41) is 0. The van der Waals surface area contributed by atoms with Gasteiger partial charge in [-0.05, 0) is 30.5 Å². The van der Waals surface area contributed by atoms with Crippen LogP contribution in [-0.2, 0) is 6.42 Å². The number of hydrogen-bond donors (Lipinski definition) is 0. The van der Waals surface area contributed by atoms with Crippen molar-refractivity contribution in [3.63, 3.8) is 0 Å². The van der Waals surface area contributed by atoms with Gasteiger partial charge in [0, 0.05) is 5.56 Å². The van der Waals surface area contributed by atoms with E-state index in [2.05, 4.69) is 24.3 Å². The molecule has 0 radical (unpaired) electrons. The molecule has 92 valence electrons. The van der Waals surface area contributed by atoms with Gasteiger partial charge in [0.15, 0.2) is 0 Å². The number of hydrogen-bond acceptors (Lipinski definition) is 2. The maximum Gasteiger partial charge on any atom is 0.127 e. The van der Waals surface area contributed by atoms with Crippen LogP contribution in [0.15, 0.2) is 48.5 Å². The summed E-state index contributed by atoms with van der Waals surface area (Å²) in [6.45, 7) is 0. The van der Waals surface area contributed by atoms with Gasteiger partial charge >= 0.3 is 0 Å². The number of fused-ring (bicyclic) bond motifs is 1. The molecule has 0 fully saturated rings. The molecule has 0 N–H and O–H groups in total. The van der Waals surface area contributed by atoms with E-state index < -0.39 is 0 Å². The standard InChI is InChI=1S/C16H16O2/c1-17-15-8-5-9-16-13(15)10-11-14(18-16)12-6-3-2-4-7-12/h2-9,14H,10-11H2,1H3. The predicted octanol–water partition coefficient (Wildman–Crippen LogP) is 3.76. The van der Waals surface area contributed by atoms with Crippen molar-refractivity contribution < 1.29 is 9.47 Å². The van der Waals surface area contributed by atoms with Crippen LogP contribution in [0.25, 0.3) is 0 Å². The first kappa shape index (κ1) is 11.1. The van der Waals surface area contributed by atoms with Crippen molar-refractivity contribution in [2.24, 2.45) is 0 Å². The number of benzene rings is 2. The molecule has 3 rings (SSSR count). The normalized spacial score (nSPS) is 17.7. The fraction of sp³-hybridized carbons (Fsp3) is 0.250. The molecule has 0 saturated heterocycles. The quantitative estimate of drug-likeness (QED) is 0.795. The van der Waals surface area contributed by atoms with Gasteiger partial charge in [0.25, 0.3) is 0 Å². The Kier molecular flexibility index (Phi) is 2.93. The fourth-order valence-electron chi connectivity index (χ4n) is 2.48. The summed E-state index contributed by atoms with van der Waals surface area (Å²) < 4.78 is 11.5. The zero-order valence-electron chi connectivity index (χ0n) is 10.4. The van der Waals surface area contributed by atoms with Crippen molar-refractivity contribution in [3.05, 3.63) is 59.7 Å². The van der Waals surface area contributed by atoms with E-state index in [1.165, 1.54) is 11.1 Å².